The molecule has 5 nitrogen and oxygen atoms in total. The molecule has 0 aliphatic rings. The first-order valence-electron chi connectivity index (χ1n) is 7.22. The van der Waals surface area contributed by atoms with Crippen molar-refractivity contribution in [3.63, 3.8) is 0 Å². The highest BCUT2D eigenvalue weighted by Crippen LogP contribution is 2.21. The molecule has 0 aliphatic carbocycles. The smallest absolute Gasteiger partial charge is 0.110 e. The number of imidazole rings is 1. The fourth-order valence-electron chi connectivity index (χ4n) is 2.77. The van der Waals surface area contributed by atoms with Gasteiger partial charge in [-0.3, -0.25) is 16.2 Å². The molecule has 0 radical (unpaired) electrons. The van der Waals surface area contributed by atoms with Crippen molar-refractivity contribution in [2.24, 2.45) is 5.84 Å². The maximum absolute atomic E-state index is 5.80. The van der Waals surface area contributed by atoms with Crippen LogP contribution in [0.2, 0.25) is 0 Å². The molecule has 0 amide bonds. The van der Waals surface area contributed by atoms with Crippen LogP contribution in [-0.2, 0) is 13.0 Å². The number of rotatable bonds is 8. The van der Waals surface area contributed by atoms with Crippen LogP contribution in [0, 0.1) is 0 Å². The van der Waals surface area contributed by atoms with E-state index in [2.05, 4.69) is 54.5 Å². The van der Waals surface area contributed by atoms with Crippen molar-refractivity contribution in [2.75, 3.05) is 13.1 Å². The molecule has 1 heterocycles. The molecule has 1 atom stereocenters. The van der Waals surface area contributed by atoms with Gasteiger partial charge in [0.25, 0.3) is 0 Å². The Morgan fingerprint density at radius 2 is 2.00 bits per heavy atom. The van der Waals surface area contributed by atoms with Gasteiger partial charge in [0.1, 0.15) is 5.82 Å². The van der Waals surface area contributed by atoms with Gasteiger partial charge in [-0.15, -0.1) is 0 Å². The largest absolute Gasteiger partial charge is 0.335 e. The summed E-state index contributed by atoms with van der Waals surface area (Å²) in [6.45, 7) is 14.0. The second-order valence-electron chi connectivity index (χ2n) is 5.38. The van der Waals surface area contributed by atoms with Gasteiger partial charge in [0.05, 0.1) is 0 Å². The summed E-state index contributed by atoms with van der Waals surface area (Å²) >= 11 is 0. The first kappa shape index (κ1) is 16.1. The van der Waals surface area contributed by atoms with E-state index >= 15 is 0 Å². The Labute approximate surface area is 117 Å². The van der Waals surface area contributed by atoms with Gasteiger partial charge in [0, 0.05) is 36.9 Å². The summed E-state index contributed by atoms with van der Waals surface area (Å²) in [5, 5.41) is 0. The molecule has 110 valence electrons. The Morgan fingerprint density at radius 3 is 2.47 bits per heavy atom. The lowest BCUT2D eigenvalue weighted by molar-refractivity contribution is 0.0900. The minimum Gasteiger partial charge on any atom is -0.335 e. The van der Waals surface area contributed by atoms with Gasteiger partial charge in [-0.25, -0.2) is 4.98 Å². The average Bonchev–Trinajstić information content (AvgIpc) is 2.83. The highest BCUT2D eigenvalue weighted by molar-refractivity contribution is 5.02. The summed E-state index contributed by atoms with van der Waals surface area (Å²) in [5.74, 6) is 6.89. The minimum absolute atomic E-state index is 0.0111. The number of hydrogen-bond acceptors (Lipinski definition) is 4. The number of aromatic nitrogens is 2. The summed E-state index contributed by atoms with van der Waals surface area (Å²) in [6.07, 6.45) is 4.71. The van der Waals surface area contributed by atoms with Crippen molar-refractivity contribution in [2.45, 2.75) is 59.2 Å². The molecular formula is C14H29N5. The number of nitrogens with two attached hydrogens (primary N) is 1. The number of aryl methyl sites for hydroxylation is 1. The Balaban J connectivity index is 2.88. The van der Waals surface area contributed by atoms with Crippen molar-refractivity contribution in [1.29, 1.82) is 0 Å². The minimum atomic E-state index is -0.0111. The van der Waals surface area contributed by atoms with E-state index in [1.165, 1.54) is 0 Å². The maximum Gasteiger partial charge on any atom is 0.110 e. The topological polar surface area (TPSA) is 59.1 Å². The monoisotopic (exact) mass is 267 g/mol. The molecule has 3 N–H and O–H groups in total. The third-order valence-electron chi connectivity index (χ3n) is 4.16. The maximum atomic E-state index is 5.80. The number of nitrogens with one attached hydrogen (secondary N) is 1. The fourth-order valence-corrected chi connectivity index (χ4v) is 2.77. The van der Waals surface area contributed by atoms with Crippen molar-refractivity contribution in [3.05, 3.63) is 18.2 Å². The summed E-state index contributed by atoms with van der Waals surface area (Å²) < 4.78 is 2.17. The van der Waals surface area contributed by atoms with Crippen molar-refractivity contribution < 1.29 is 0 Å². The third kappa shape index (κ3) is 3.55. The molecule has 1 rings (SSSR count). The van der Waals surface area contributed by atoms with E-state index in [1.807, 2.05) is 12.4 Å². The van der Waals surface area contributed by atoms with Crippen LogP contribution in [0.15, 0.2) is 12.4 Å². The molecule has 0 aliphatic heterocycles. The Bertz CT molecular complexity index is 368. The van der Waals surface area contributed by atoms with E-state index in [4.69, 9.17) is 5.84 Å². The van der Waals surface area contributed by atoms with Gasteiger partial charge in [0.2, 0.25) is 0 Å². The van der Waals surface area contributed by atoms with E-state index < -0.39 is 0 Å². The van der Waals surface area contributed by atoms with Crippen molar-refractivity contribution >= 4 is 0 Å². The molecule has 0 bridgehead atoms. The van der Waals surface area contributed by atoms with Crippen LogP contribution in [0.4, 0.5) is 0 Å². The number of hydrogen-bond donors (Lipinski definition) is 2. The van der Waals surface area contributed by atoms with Crippen LogP contribution in [0.25, 0.3) is 0 Å². The van der Waals surface area contributed by atoms with Gasteiger partial charge in [-0.1, -0.05) is 13.8 Å². The third-order valence-corrected chi connectivity index (χ3v) is 4.16. The predicted molar refractivity (Wildman–Crippen MR) is 79.7 cm³/mol. The van der Waals surface area contributed by atoms with E-state index in [0.717, 1.165) is 31.9 Å². The Kier molecular flexibility index (Phi) is 5.97. The van der Waals surface area contributed by atoms with Gasteiger partial charge in [0.15, 0.2) is 0 Å². The molecule has 0 saturated heterocycles. The van der Waals surface area contributed by atoms with Gasteiger partial charge in [-0.05, 0) is 33.9 Å². The zero-order valence-electron chi connectivity index (χ0n) is 13.0. The second kappa shape index (κ2) is 7.03. The molecule has 1 unspecified atom stereocenters. The molecule has 0 fully saturated rings. The fraction of sp³-hybridized carbons (Fsp3) is 0.786. The molecule has 1 aromatic heterocycles. The van der Waals surface area contributed by atoms with Crippen molar-refractivity contribution in [1.82, 2.24) is 19.9 Å². The lowest BCUT2D eigenvalue weighted by Crippen LogP contribution is -2.60. The van der Waals surface area contributed by atoms with E-state index in [9.17, 15) is 0 Å². The van der Waals surface area contributed by atoms with Crippen LogP contribution in [-0.4, -0.2) is 39.1 Å². The number of nitrogens with zero attached hydrogens (tertiary/aromatic N) is 3. The van der Waals surface area contributed by atoms with Crippen LogP contribution >= 0.6 is 0 Å². The standard InChI is InChI=1S/C14H29N5/c1-6-18-10-9-16-13(18)11-12(17-15)14(4,5)19(7-2)8-3/h9-10,12,17H,6-8,11,15H2,1-5H3. The summed E-state index contributed by atoms with van der Waals surface area (Å²) in [6, 6.07) is 0.167. The molecular weight excluding hydrogens is 238 g/mol. The first-order valence-corrected chi connectivity index (χ1v) is 7.22. The number of hydrazine groups is 1. The molecule has 0 spiro atoms. The van der Waals surface area contributed by atoms with Crippen LogP contribution in [0.3, 0.4) is 0 Å². The Morgan fingerprint density at radius 1 is 1.37 bits per heavy atom. The summed E-state index contributed by atoms with van der Waals surface area (Å²) in [5.41, 5.74) is 2.97. The lowest BCUT2D eigenvalue weighted by Gasteiger charge is -2.43. The van der Waals surface area contributed by atoms with Gasteiger partial charge in [-0.2, -0.15) is 0 Å². The normalized spacial score (nSPS) is 14.1. The van der Waals surface area contributed by atoms with E-state index in [-0.39, 0.29) is 11.6 Å². The summed E-state index contributed by atoms with van der Waals surface area (Å²) in [4.78, 5) is 6.88. The predicted octanol–water partition coefficient (Wildman–Crippen LogP) is 1.40. The highest BCUT2D eigenvalue weighted by atomic mass is 15.3. The molecule has 1 aromatic rings. The quantitative estimate of drug-likeness (QED) is 0.552. The van der Waals surface area contributed by atoms with Crippen LogP contribution in [0.5, 0.6) is 0 Å². The SMILES string of the molecule is CCN(CC)C(C)(C)C(Cc1nccn1CC)NN. The summed E-state index contributed by atoms with van der Waals surface area (Å²) in [7, 11) is 0. The van der Waals surface area contributed by atoms with E-state index in [0.29, 0.717) is 0 Å². The zero-order valence-corrected chi connectivity index (χ0v) is 13.0. The van der Waals surface area contributed by atoms with Crippen LogP contribution in [0.1, 0.15) is 40.4 Å². The average molecular weight is 267 g/mol. The zero-order chi connectivity index (χ0) is 14.5. The Hall–Kier alpha value is -0.910. The lowest BCUT2D eigenvalue weighted by atomic mass is 9.90. The molecule has 0 saturated carbocycles. The molecule has 5 heteroatoms. The van der Waals surface area contributed by atoms with Crippen LogP contribution < -0.4 is 11.3 Å². The van der Waals surface area contributed by atoms with Gasteiger partial charge >= 0.3 is 0 Å². The second-order valence-corrected chi connectivity index (χ2v) is 5.38. The van der Waals surface area contributed by atoms with E-state index in [1.54, 1.807) is 0 Å². The van der Waals surface area contributed by atoms with Crippen molar-refractivity contribution in [3.8, 4) is 0 Å². The number of likely N-dealkylation sites (N-methyl/N-ethyl adjacent to an activating group) is 1. The first-order chi connectivity index (χ1) is 9.01. The van der Waals surface area contributed by atoms with Gasteiger partial charge < -0.3 is 4.57 Å². The highest BCUT2D eigenvalue weighted by Gasteiger charge is 2.34. The molecule has 19 heavy (non-hydrogen) atoms. The molecule has 0 aromatic carbocycles.